The van der Waals surface area contributed by atoms with Crippen LogP contribution in [0.5, 0.6) is 0 Å². The molecule has 2 aliphatic heterocycles. The van der Waals surface area contributed by atoms with Crippen LogP contribution in [0.3, 0.4) is 0 Å². The van der Waals surface area contributed by atoms with Gasteiger partial charge in [-0.2, -0.15) is 0 Å². The molecule has 3 aliphatic rings. The Morgan fingerprint density at radius 2 is 1.77 bits per heavy atom. The largest absolute Gasteiger partial charge is 0.448 e. The SMILES string of the molecule is Cc1ccccc1N1CCN(c2cc(Cl)c(C(=O)NCCCN3CCCC3=O)cc2NC(=O)c2coc(C3CC3)n2)CC1. The van der Waals surface area contributed by atoms with Crippen molar-refractivity contribution in [1.29, 1.82) is 0 Å². The molecule has 1 saturated carbocycles. The predicted octanol–water partition coefficient (Wildman–Crippen LogP) is 4.84. The molecule has 6 rings (SSSR count). The van der Waals surface area contributed by atoms with Crippen LogP contribution in [-0.2, 0) is 4.79 Å². The highest BCUT2D eigenvalue weighted by molar-refractivity contribution is 6.34. The molecule has 3 fully saturated rings. The minimum atomic E-state index is -0.403. The molecule has 3 amide bonds. The Kier molecular flexibility index (Phi) is 8.56. The zero-order valence-electron chi connectivity index (χ0n) is 24.4. The van der Waals surface area contributed by atoms with E-state index in [1.54, 1.807) is 12.1 Å². The summed E-state index contributed by atoms with van der Waals surface area (Å²) in [6, 6.07) is 11.7. The number of para-hydroxylation sites is 1. The van der Waals surface area contributed by atoms with Gasteiger partial charge in [-0.25, -0.2) is 4.98 Å². The molecule has 0 bridgehead atoms. The fourth-order valence-electron chi connectivity index (χ4n) is 5.81. The quantitative estimate of drug-likeness (QED) is 0.319. The van der Waals surface area contributed by atoms with Gasteiger partial charge in [-0.1, -0.05) is 29.8 Å². The maximum Gasteiger partial charge on any atom is 0.277 e. The van der Waals surface area contributed by atoms with Crippen molar-refractivity contribution in [3.8, 4) is 0 Å². The Balaban J connectivity index is 1.18. The highest BCUT2D eigenvalue weighted by Crippen LogP contribution is 2.39. The predicted molar refractivity (Wildman–Crippen MR) is 166 cm³/mol. The lowest BCUT2D eigenvalue weighted by molar-refractivity contribution is -0.127. The van der Waals surface area contributed by atoms with Crippen molar-refractivity contribution >= 4 is 46.4 Å². The van der Waals surface area contributed by atoms with Gasteiger partial charge in [0, 0.05) is 63.8 Å². The molecule has 0 spiro atoms. The van der Waals surface area contributed by atoms with Crippen molar-refractivity contribution < 1.29 is 18.8 Å². The van der Waals surface area contributed by atoms with Gasteiger partial charge in [-0.05, 0) is 56.4 Å². The Morgan fingerprint density at radius 3 is 2.47 bits per heavy atom. The Labute approximate surface area is 256 Å². The molecule has 3 aromatic rings. The third kappa shape index (κ3) is 6.64. The third-order valence-corrected chi connectivity index (χ3v) is 8.71. The molecule has 0 unspecified atom stereocenters. The van der Waals surface area contributed by atoms with E-state index in [1.165, 1.54) is 17.5 Å². The van der Waals surface area contributed by atoms with Gasteiger partial charge in [0.1, 0.15) is 6.26 Å². The maximum absolute atomic E-state index is 13.3. The van der Waals surface area contributed by atoms with Crippen molar-refractivity contribution in [2.75, 3.05) is 60.9 Å². The number of carbonyl (C=O) groups is 3. The number of nitrogens with zero attached hydrogens (tertiary/aromatic N) is 4. The number of halogens is 1. The third-order valence-electron chi connectivity index (χ3n) is 8.40. The minimum Gasteiger partial charge on any atom is -0.448 e. The molecule has 0 atom stereocenters. The van der Waals surface area contributed by atoms with E-state index in [-0.39, 0.29) is 29.0 Å². The first kappa shape index (κ1) is 29.0. The van der Waals surface area contributed by atoms with Crippen LogP contribution in [-0.4, -0.2) is 73.4 Å². The van der Waals surface area contributed by atoms with Crippen molar-refractivity contribution in [2.24, 2.45) is 0 Å². The maximum atomic E-state index is 13.3. The van der Waals surface area contributed by atoms with E-state index in [9.17, 15) is 14.4 Å². The summed E-state index contributed by atoms with van der Waals surface area (Å²) in [7, 11) is 0. The molecule has 10 nitrogen and oxygen atoms in total. The van der Waals surface area contributed by atoms with E-state index in [0.717, 1.165) is 44.6 Å². The molecule has 2 aromatic carbocycles. The number of hydrogen-bond acceptors (Lipinski definition) is 7. The van der Waals surface area contributed by atoms with Gasteiger partial charge >= 0.3 is 0 Å². The summed E-state index contributed by atoms with van der Waals surface area (Å²) in [5.41, 5.74) is 4.16. The first-order valence-electron chi connectivity index (χ1n) is 15.1. The Bertz CT molecular complexity index is 1510. The van der Waals surface area contributed by atoms with Crippen LogP contribution in [0.2, 0.25) is 5.02 Å². The molecule has 3 heterocycles. The average Bonchev–Trinajstić information content (AvgIpc) is 3.59. The molecule has 226 valence electrons. The Morgan fingerprint density at radius 1 is 1.02 bits per heavy atom. The zero-order valence-corrected chi connectivity index (χ0v) is 25.2. The number of aromatic nitrogens is 1. The number of piperazine rings is 1. The number of nitrogens with one attached hydrogen (secondary N) is 2. The number of aryl methyl sites for hydroxylation is 1. The number of rotatable bonds is 10. The van der Waals surface area contributed by atoms with Crippen molar-refractivity contribution in [2.45, 2.75) is 44.9 Å². The summed E-state index contributed by atoms with van der Waals surface area (Å²) < 4.78 is 5.54. The fraction of sp³-hybridized carbons (Fsp3) is 0.438. The van der Waals surface area contributed by atoms with Crippen molar-refractivity contribution in [3.63, 3.8) is 0 Å². The zero-order chi connectivity index (χ0) is 29.9. The lowest BCUT2D eigenvalue weighted by Crippen LogP contribution is -2.47. The van der Waals surface area contributed by atoms with Crippen molar-refractivity contribution in [1.82, 2.24) is 15.2 Å². The smallest absolute Gasteiger partial charge is 0.277 e. The second-order valence-corrected chi connectivity index (χ2v) is 11.9. The molecule has 2 saturated heterocycles. The first-order valence-corrected chi connectivity index (χ1v) is 15.5. The fourth-order valence-corrected chi connectivity index (χ4v) is 6.05. The molecule has 43 heavy (non-hydrogen) atoms. The van der Waals surface area contributed by atoms with Gasteiger partial charge in [0.05, 0.1) is 22.0 Å². The van der Waals surface area contributed by atoms with Gasteiger partial charge in [0.25, 0.3) is 11.8 Å². The van der Waals surface area contributed by atoms with E-state index < -0.39 is 5.91 Å². The first-order chi connectivity index (χ1) is 20.9. The summed E-state index contributed by atoms with van der Waals surface area (Å²) >= 11 is 6.70. The van der Waals surface area contributed by atoms with Crippen LogP contribution < -0.4 is 20.4 Å². The van der Waals surface area contributed by atoms with E-state index in [2.05, 4.69) is 50.5 Å². The van der Waals surface area contributed by atoms with E-state index in [1.807, 2.05) is 11.0 Å². The standard InChI is InChI=1S/C32H37ClN6O4/c1-21-6-2-3-7-27(21)37-14-16-38(17-15-37)28-19-24(33)23(30(41)34-11-5-13-39-12-4-8-29(39)40)18-25(28)35-31(42)26-20-43-32(36-26)22-9-10-22/h2-3,6-7,18-20,22H,4-5,8-17H2,1H3,(H,34,41)(H,35,42). The van der Waals surface area contributed by atoms with Crippen LogP contribution in [0.1, 0.15) is 70.3 Å². The lowest BCUT2D eigenvalue weighted by atomic mass is 10.1. The van der Waals surface area contributed by atoms with Gasteiger partial charge in [-0.15, -0.1) is 0 Å². The average molecular weight is 605 g/mol. The molecule has 1 aliphatic carbocycles. The number of amides is 3. The lowest BCUT2D eigenvalue weighted by Gasteiger charge is -2.38. The van der Waals surface area contributed by atoms with Crippen LogP contribution in [0, 0.1) is 6.92 Å². The molecular weight excluding hydrogens is 568 g/mol. The van der Waals surface area contributed by atoms with E-state index >= 15 is 0 Å². The number of hydrogen-bond donors (Lipinski definition) is 2. The number of benzene rings is 2. The summed E-state index contributed by atoms with van der Waals surface area (Å²) in [6.45, 7) is 6.93. The second-order valence-electron chi connectivity index (χ2n) is 11.5. The van der Waals surface area contributed by atoms with Crippen LogP contribution in [0.4, 0.5) is 17.1 Å². The summed E-state index contributed by atoms with van der Waals surface area (Å²) in [6.07, 6.45) is 5.56. The minimum absolute atomic E-state index is 0.168. The monoisotopic (exact) mass is 604 g/mol. The second kappa shape index (κ2) is 12.7. The molecular formula is C32H37ClN6O4. The van der Waals surface area contributed by atoms with E-state index in [0.29, 0.717) is 55.6 Å². The van der Waals surface area contributed by atoms with Gasteiger partial charge < -0.3 is 29.8 Å². The molecule has 11 heteroatoms. The van der Waals surface area contributed by atoms with Gasteiger partial charge in [0.2, 0.25) is 5.91 Å². The summed E-state index contributed by atoms with van der Waals surface area (Å²) in [5, 5.41) is 6.21. The number of anilines is 3. The van der Waals surface area contributed by atoms with Crippen LogP contribution in [0.15, 0.2) is 47.1 Å². The number of carbonyl (C=O) groups excluding carboxylic acids is 3. The summed E-state index contributed by atoms with van der Waals surface area (Å²) in [4.78, 5) is 49.1. The molecule has 1 aromatic heterocycles. The Hall–Kier alpha value is -4.05. The van der Waals surface area contributed by atoms with Gasteiger partial charge in [-0.3, -0.25) is 14.4 Å². The normalized spacial score (nSPS) is 17.0. The number of oxazole rings is 1. The van der Waals surface area contributed by atoms with Gasteiger partial charge in [0.15, 0.2) is 11.6 Å². The van der Waals surface area contributed by atoms with Crippen molar-refractivity contribution in [3.05, 3.63) is 70.4 Å². The molecule has 2 N–H and O–H groups in total. The topological polar surface area (TPSA) is 111 Å². The molecule has 0 radical (unpaired) electrons. The van der Waals surface area contributed by atoms with Crippen LogP contribution >= 0.6 is 11.6 Å². The van der Waals surface area contributed by atoms with E-state index in [4.69, 9.17) is 16.0 Å². The summed E-state index contributed by atoms with van der Waals surface area (Å²) in [5.74, 6) is 0.308. The van der Waals surface area contributed by atoms with Crippen LogP contribution in [0.25, 0.3) is 0 Å². The highest BCUT2D eigenvalue weighted by atomic mass is 35.5. The highest BCUT2D eigenvalue weighted by Gasteiger charge is 2.30. The number of likely N-dealkylation sites (tertiary alicyclic amines) is 1.